The molecule has 0 fully saturated rings. The summed E-state index contributed by atoms with van der Waals surface area (Å²) in [5, 5.41) is 6.95. The van der Waals surface area contributed by atoms with Crippen LogP contribution >= 0.6 is 23.1 Å². The Kier molecular flexibility index (Phi) is 6.43. The zero-order valence-electron chi connectivity index (χ0n) is 17.5. The molecular weight excluding hydrogens is 434 g/mol. The van der Waals surface area contributed by atoms with Crippen LogP contribution < -0.4 is 5.32 Å². The van der Waals surface area contributed by atoms with E-state index in [0.717, 1.165) is 37.3 Å². The van der Waals surface area contributed by atoms with Gasteiger partial charge < -0.3 is 14.6 Å². The molecule has 0 saturated heterocycles. The molecule has 4 rings (SSSR count). The van der Waals surface area contributed by atoms with Crippen LogP contribution in [0.1, 0.15) is 29.9 Å². The fourth-order valence-electron chi connectivity index (χ4n) is 3.64. The lowest BCUT2D eigenvalue weighted by Crippen LogP contribution is -2.35. The SMILES string of the molecule is COC(=O)C1CC=CCC1C(=O)Nc1ccc2nc(SCc3c(C)noc3C)sc2c1. The van der Waals surface area contributed by atoms with Crippen molar-refractivity contribution in [2.75, 3.05) is 12.4 Å². The molecule has 0 bridgehead atoms. The molecule has 2 unspecified atom stereocenters. The number of methoxy groups -OCH3 is 1. The molecule has 9 heteroatoms. The summed E-state index contributed by atoms with van der Waals surface area (Å²) in [4.78, 5) is 29.6. The first kappa shape index (κ1) is 21.6. The van der Waals surface area contributed by atoms with Crippen molar-refractivity contribution in [2.45, 2.75) is 36.8 Å². The van der Waals surface area contributed by atoms with Gasteiger partial charge in [-0.3, -0.25) is 9.59 Å². The first-order chi connectivity index (χ1) is 15.0. The Bertz CT molecular complexity index is 1130. The lowest BCUT2D eigenvalue weighted by atomic mass is 9.82. The number of esters is 1. The number of nitrogens with one attached hydrogen (secondary N) is 1. The molecule has 7 nitrogen and oxygen atoms in total. The number of anilines is 1. The Hall–Kier alpha value is -2.65. The number of ether oxygens (including phenoxy) is 1. The highest BCUT2D eigenvalue weighted by Crippen LogP contribution is 2.34. The van der Waals surface area contributed by atoms with Crippen LogP contribution in [-0.4, -0.2) is 29.1 Å². The molecule has 1 aromatic carbocycles. The lowest BCUT2D eigenvalue weighted by molar-refractivity contribution is -0.149. The van der Waals surface area contributed by atoms with E-state index in [1.165, 1.54) is 7.11 Å². The lowest BCUT2D eigenvalue weighted by Gasteiger charge is -2.25. The van der Waals surface area contributed by atoms with Crippen LogP contribution in [0.5, 0.6) is 0 Å². The molecule has 1 aliphatic rings. The van der Waals surface area contributed by atoms with E-state index in [9.17, 15) is 9.59 Å². The number of nitrogens with zero attached hydrogens (tertiary/aromatic N) is 2. The fraction of sp³-hybridized carbons (Fsp3) is 0.364. The number of hydrogen-bond donors (Lipinski definition) is 1. The highest BCUT2D eigenvalue weighted by molar-refractivity contribution is 8.00. The number of aryl methyl sites for hydroxylation is 2. The van der Waals surface area contributed by atoms with Crippen LogP contribution in [0.2, 0.25) is 0 Å². The molecule has 2 atom stereocenters. The fourth-order valence-corrected chi connectivity index (χ4v) is 5.90. The van der Waals surface area contributed by atoms with Gasteiger partial charge in [0.1, 0.15) is 5.76 Å². The molecule has 0 saturated carbocycles. The maximum absolute atomic E-state index is 12.9. The minimum Gasteiger partial charge on any atom is -0.469 e. The smallest absolute Gasteiger partial charge is 0.309 e. The zero-order chi connectivity index (χ0) is 22.0. The van der Waals surface area contributed by atoms with Crippen LogP contribution in [0.4, 0.5) is 5.69 Å². The molecule has 162 valence electrons. The number of carbonyl (C=O) groups excluding carboxylic acids is 2. The molecule has 2 heterocycles. The van der Waals surface area contributed by atoms with Gasteiger partial charge >= 0.3 is 5.97 Å². The predicted molar refractivity (Wildman–Crippen MR) is 121 cm³/mol. The van der Waals surface area contributed by atoms with Gasteiger partial charge in [0, 0.05) is 17.0 Å². The van der Waals surface area contributed by atoms with Crippen LogP contribution in [0.3, 0.4) is 0 Å². The van der Waals surface area contributed by atoms with Crippen LogP contribution in [0, 0.1) is 25.7 Å². The normalized spacial score (nSPS) is 18.3. The van der Waals surface area contributed by atoms with Crippen molar-refractivity contribution in [2.24, 2.45) is 11.8 Å². The van der Waals surface area contributed by atoms with E-state index in [0.29, 0.717) is 18.5 Å². The van der Waals surface area contributed by atoms with Gasteiger partial charge in [0.2, 0.25) is 5.91 Å². The number of thioether (sulfide) groups is 1. The number of fused-ring (bicyclic) bond motifs is 1. The van der Waals surface area contributed by atoms with Gasteiger partial charge in [0.15, 0.2) is 4.34 Å². The highest BCUT2D eigenvalue weighted by atomic mass is 32.2. The number of carbonyl (C=O) groups is 2. The number of amides is 1. The van der Waals surface area contributed by atoms with Gasteiger partial charge in [-0.05, 0) is 44.9 Å². The van der Waals surface area contributed by atoms with Gasteiger partial charge in [-0.1, -0.05) is 29.1 Å². The Labute approximate surface area is 188 Å². The number of allylic oxidation sites excluding steroid dienone is 2. The largest absolute Gasteiger partial charge is 0.469 e. The average molecular weight is 458 g/mol. The third-order valence-electron chi connectivity index (χ3n) is 5.43. The van der Waals surface area contributed by atoms with Gasteiger partial charge in [-0.2, -0.15) is 0 Å². The van der Waals surface area contributed by atoms with Crippen molar-refractivity contribution in [3.05, 3.63) is 47.4 Å². The van der Waals surface area contributed by atoms with E-state index in [-0.39, 0.29) is 11.9 Å². The molecule has 2 aromatic heterocycles. The zero-order valence-corrected chi connectivity index (χ0v) is 19.1. The maximum Gasteiger partial charge on any atom is 0.309 e. The first-order valence-corrected chi connectivity index (χ1v) is 11.7. The minimum atomic E-state index is -0.450. The van der Waals surface area contributed by atoms with Crippen molar-refractivity contribution in [1.82, 2.24) is 10.1 Å². The van der Waals surface area contributed by atoms with E-state index in [1.807, 2.05) is 44.2 Å². The molecule has 31 heavy (non-hydrogen) atoms. The van der Waals surface area contributed by atoms with Crippen molar-refractivity contribution in [1.29, 1.82) is 0 Å². The van der Waals surface area contributed by atoms with Crippen molar-refractivity contribution in [3.8, 4) is 0 Å². The van der Waals surface area contributed by atoms with Gasteiger partial charge in [-0.15, -0.1) is 11.3 Å². The molecule has 1 N–H and O–H groups in total. The highest BCUT2D eigenvalue weighted by Gasteiger charge is 2.34. The summed E-state index contributed by atoms with van der Waals surface area (Å²) >= 11 is 3.22. The van der Waals surface area contributed by atoms with Crippen LogP contribution in [0.15, 0.2) is 39.2 Å². The summed E-state index contributed by atoms with van der Waals surface area (Å²) in [6.45, 7) is 3.85. The molecule has 1 aliphatic carbocycles. The second-order valence-corrected chi connectivity index (χ2v) is 9.67. The summed E-state index contributed by atoms with van der Waals surface area (Å²) in [5.74, 6) is 0.178. The summed E-state index contributed by atoms with van der Waals surface area (Å²) in [5.41, 5.74) is 3.58. The molecule has 1 amide bonds. The Morgan fingerprint density at radius 2 is 2.03 bits per heavy atom. The number of benzene rings is 1. The van der Waals surface area contributed by atoms with Gasteiger partial charge in [0.05, 0.1) is 34.9 Å². The average Bonchev–Trinajstić information content (AvgIpc) is 3.33. The summed E-state index contributed by atoms with van der Waals surface area (Å²) < 4.78 is 12.0. The van der Waals surface area contributed by atoms with Crippen molar-refractivity contribution in [3.63, 3.8) is 0 Å². The Morgan fingerprint density at radius 3 is 2.74 bits per heavy atom. The minimum absolute atomic E-state index is 0.170. The molecule has 0 radical (unpaired) electrons. The monoisotopic (exact) mass is 457 g/mol. The standard InChI is InChI=1S/C22H23N3O4S2/c1-12-17(13(2)29-25-12)11-30-22-24-18-9-8-14(10-19(18)31-22)23-20(26)15-6-4-5-7-16(15)21(27)28-3/h4-5,8-10,15-16H,6-7,11H2,1-3H3,(H,23,26). The Balaban J connectivity index is 1.46. The van der Waals surface area contributed by atoms with Crippen molar-refractivity contribution < 1.29 is 18.8 Å². The van der Waals surface area contributed by atoms with E-state index in [1.54, 1.807) is 23.1 Å². The topological polar surface area (TPSA) is 94.3 Å². The number of rotatable bonds is 6. The van der Waals surface area contributed by atoms with Crippen LogP contribution in [-0.2, 0) is 20.1 Å². The Morgan fingerprint density at radius 1 is 1.26 bits per heavy atom. The van der Waals surface area contributed by atoms with Gasteiger partial charge in [0.25, 0.3) is 0 Å². The van der Waals surface area contributed by atoms with E-state index >= 15 is 0 Å². The second-order valence-electron chi connectivity index (χ2n) is 7.42. The predicted octanol–water partition coefficient (Wildman–Crippen LogP) is 4.89. The summed E-state index contributed by atoms with van der Waals surface area (Å²) in [6.07, 6.45) is 4.91. The second kappa shape index (κ2) is 9.23. The van der Waals surface area contributed by atoms with Crippen LogP contribution in [0.25, 0.3) is 10.2 Å². The maximum atomic E-state index is 12.9. The first-order valence-electron chi connectivity index (χ1n) is 9.95. The van der Waals surface area contributed by atoms with Gasteiger partial charge in [-0.25, -0.2) is 4.98 Å². The number of thiazole rings is 1. The number of aromatic nitrogens is 2. The molecule has 0 spiro atoms. The quantitative estimate of drug-likeness (QED) is 0.320. The summed E-state index contributed by atoms with van der Waals surface area (Å²) in [6, 6.07) is 5.67. The third-order valence-corrected chi connectivity index (χ3v) is 7.62. The third kappa shape index (κ3) is 4.67. The van der Waals surface area contributed by atoms with Crippen molar-refractivity contribution >= 4 is 50.9 Å². The summed E-state index contributed by atoms with van der Waals surface area (Å²) in [7, 11) is 1.36. The molecular formula is C22H23N3O4S2. The number of hydrogen-bond acceptors (Lipinski definition) is 8. The molecule has 0 aliphatic heterocycles. The van der Waals surface area contributed by atoms with E-state index in [2.05, 4.69) is 15.5 Å². The van der Waals surface area contributed by atoms with E-state index in [4.69, 9.17) is 9.26 Å². The van der Waals surface area contributed by atoms with E-state index < -0.39 is 11.8 Å². The molecule has 3 aromatic rings.